The maximum absolute atomic E-state index is 11.9. The lowest BCUT2D eigenvalue weighted by Crippen LogP contribution is -2.54. The number of aromatic nitrogens is 2. The van der Waals surface area contributed by atoms with Gasteiger partial charge in [-0.3, -0.25) is 0 Å². The number of rotatable bonds is 4. The van der Waals surface area contributed by atoms with Gasteiger partial charge in [-0.25, -0.2) is 19.6 Å². The molecule has 0 aromatic carbocycles. The molecule has 1 aromatic heterocycles. The van der Waals surface area contributed by atoms with Gasteiger partial charge in [0.15, 0.2) is 5.69 Å². The number of carbonyl (C=O) groups is 2. The zero-order chi connectivity index (χ0) is 17.2. The summed E-state index contributed by atoms with van der Waals surface area (Å²) in [6, 6.07) is 0. The number of anilines is 1. The molecule has 23 heavy (non-hydrogen) atoms. The van der Waals surface area contributed by atoms with Crippen LogP contribution in [-0.4, -0.2) is 64.3 Å². The first kappa shape index (κ1) is 17.0. The van der Waals surface area contributed by atoms with Gasteiger partial charge in [0.2, 0.25) is 0 Å². The van der Waals surface area contributed by atoms with Crippen LogP contribution in [0.4, 0.5) is 10.6 Å². The minimum atomic E-state index is -1.10. The molecular formula is C15H22N4O4. The Morgan fingerprint density at radius 2 is 2.00 bits per heavy atom. The molecule has 1 fully saturated rings. The van der Waals surface area contributed by atoms with Crippen molar-refractivity contribution in [3.05, 3.63) is 18.1 Å². The van der Waals surface area contributed by atoms with Crippen molar-refractivity contribution in [2.45, 2.75) is 26.4 Å². The molecule has 1 aliphatic heterocycles. The fraction of sp³-hybridized carbons (Fsp3) is 0.600. The first-order valence-corrected chi connectivity index (χ1v) is 7.40. The molecule has 0 saturated carbocycles. The molecule has 0 unspecified atom stereocenters. The predicted octanol–water partition coefficient (Wildman–Crippen LogP) is 1.48. The third-order valence-electron chi connectivity index (χ3n) is 3.39. The quantitative estimate of drug-likeness (QED) is 0.897. The Labute approximate surface area is 135 Å². The van der Waals surface area contributed by atoms with Gasteiger partial charge in [0, 0.05) is 32.6 Å². The Morgan fingerprint density at radius 1 is 1.35 bits per heavy atom. The molecule has 1 saturated heterocycles. The molecule has 0 bridgehead atoms. The fourth-order valence-corrected chi connectivity index (χ4v) is 2.27. The van der Waals surface area contributed by atoms with Crippen molar-refractivity contribution in [2.24, 2.45) is 5.92 Å². The van der Waals surface area contributed by atoms with Gasteiger partial charge in [0.25, 0.3) is 0 Å². The van der Waals surface area contributed by atoms with Crippen LogP contribution in [0.25, 0.3) is 0 Å². The largest absolute Gasteiger partial charge is 0.476 e. The number of hydrogen-bond acceptors (Lipinski definition) is 6. The topological polar surface area (TPSA) is 95.9 Å². The van der Waals surface area contributed by atoms with Crippen LogP contribution >= 0.6 is 0 Å². The van der Waals surface area contributed by atoms with Crippen molar-refractivity contribution in [3.63, 3.8) is 0 Å². The van der Waals surface area contributed by atoms with Gasteiger partial charge in [0.1, 0.15) is 11.4 Å². The van der Waals surface area contributed by atoms with Gasteiger partial charge in [-0.1, -0.05) is 0 Å². The summed E-state index contributed by atoms with van der Waals surface area (Å²) in [6.45, 7) is 7.51. The van der Waals surface area contributed by atoms with E-state index in [1.54, 1.807) is 4.90 Å². The molecule has 8 nitrogen and oxygen atoms in total. The molecule has 0 aliphatic carbocycles. The number of nitrogens with zero attached hydrogens (tertiary/aromatic N) is 4. The van der Waals surface area contributed by atoms with Crippen LogP contribution in [-0.2, 0) is 4.74 Å². The van der Waals surface area contributed by atoms with Gasteiger partial charge in [-0.05, 0) is 20.8 Å². The number of amides is 1. The minimum absolute atomic E-state index is 0.0816. The third kappa shape index (κ3) is 4.54. The average molecular weight is 322 g/mol. The van der Waals surface area contributed by atoms with E-state index in [2.05, 4.69) is 9.97 Å². The van der Waals surface area contributed by atoms with E-state index in [1.807, 2.05) is 32.7 Å². The fourth-order valence-electron chi connectivity index (χ4n) is 2.27. The molecule has 0 spiro atoms. The second-order valence-electron chi connectivity index (χ2n) is 6.70. The zero-order valence-electron chi connectivity index (χ0n) is 13.8. The Hall–Kier alpha value is -2.38. The van der Waals surface area contributed by atoms with E-state index >= 15 is 0 Å². The second kappa shape index (κ2) is 6.39. The molecule has 0 atom stereocenters. The number of likely N-dealkylation sites (tertiary alicyclic amines) is 1. The van der Waals surface area contributed by atoms with Crippen molar-refractivity contribution in [3.8, 4) is 0 Å². The van der Waals surface area contributed by atoms with E-state index in [9.17, 15) is 9.59 Å². The van der Waals surface area contributed by atoms with Crippen LogP contribution in [0.1, 0.15) is 31.3 Å². The monoisotopic (exact) mass is 322 g/mol. The lowest BCUT2D eigenvalue weighted by molar-refractivity contribution is 0.000166. The maximum Gasteiger partial charge on any atom is 0.410 e. The van der Waals surface area contributed by atoms with Gasteiger partial charge < -0.3 is 19.6 Å². The molecule has 2 heterocycles. The highest BCUT2D eigenvalue weighted by atomic mass is 16.6. The summed E-state index contributed by atoms with van der Waals surface area (Å²) in [5, 5.41) is 8.80. The van der Waals surface area contributed by atoms with E-state index in [1.165, 1.54) is 12.4 Å². The van der Waals surface area contributed by atoms with Crippen LogP contribution in [0.2, 0.25) is 0 Å². The molecule has 1 aromatic rings. The second-order valence-corrected chi connectivity index (χ2v) is 6.70. The normalized spacial score (nSPS) is 15.0. The number of ether oxygens (including phenoxy) is 1. The number of carboxylic acid groups (broad SMARTS) is 1. The Bertz CT molecular complexity index is 576. The summed E-state index contributed by atoms with van der Waals surface area (Å²) in [4.78, 5) is 34.1. The lowest BCUT2D eigenvalue weighted by Gasteiger charge is -2.41. The van der Waals surface area contributed by atoms with Crippen molar-refractivity contribution in [2.75, 3.05) is 31.6 Å². The van der Waals surface area contributed by atoms with E-state index in [0.29, 0.717) is 31.4 Å². The Balaban J connectivity index is 1.81. The van der Waals surface area contributed by atoms with E-state index in [0.717, 1.165) is 0 Å². The van der Waals surface area contributed by atoms with Gasteiger partial charge in [-0.15, -0.1) is 0 Å². The number of carbonyl (C=O) groups excluding carboxylic acids is 1. The van der Waals surface area contributed by atoms with Crippen molar-refractivity contribution < 1.29 is 19.4 Å². The van der Waals surface area contributed by atoms with E-state index in [4.69, 9.17) is 9.84 Å². The molecule has 2 rings (SSSR count). The summed E-state index contributed by atoms with van der Waals surface area (Å²) < 4.78 is 5.31. The van der Waals surface area contributed by atoms with Crippen LogP contribution in [0, 0.1) is 5.92 Å². The molecule has 126 valence electrons. The predicted molar refractivity (Wildman–Crippen MR) is 83.6 cm³/mol. The SMILES string of the molecule is CN(CC1CN(C(=O)OC(C)(C)C)C1)c1cnc(C(=O)O)cn1. The van der Waals surface area contributed by atoms with Crippen LogP contribution in [0.5, 0.6) is 0 Å². The highest BCUT2D eigenvalue weighted by Crippen LogP contribution is 2.21. The summed E-state index contributed by atoms with van der Waals surface area (Å²) in [5.41, 5.74) is -0.567. The summed E-state index contributed by atoms with van der Waals surface area (Å²) in [6.07, 6.45) is 2.39. The van der Waals surface area contributed by atoms with Crippen LogP contribution in [0.3, 0.4) is 0 Å². The van der Waals surface area contributed by atoms with Crippen LogP contribution < -0.4 is 4.90 Å². The van der Waals surface area contributed by atoms with Crippen molar-refractivity contribution >= 4 is 17.9 Å². The molecule has 0 radical (unpaired) electrons. The summed E-state index contributed by atoms with van der Waals surface area (Å²) in [5.74, 6) is -0.169. The van der Waals surface area contributed by atoms with Crippen LogP contribution in [0.15, 0.2) is 12.4 Å². The standard InChI is InChI=1S/C15H22N4O4/c1-15(2,3)23-14(22)19-8-10(9-19)7-18(4)12-6-16-11(5-17-12)13(20)21/h5-6,10H,7-9H2,1-4H3,(H,20,21). The Morgan fingerprint density at radius 3 is 2.48 bits per heavy atom. The molecule has 1 N–H and O–H groups in total. The first-order valence-electron chi connectivity index (χ1n) is 7.40. The zero-order valence-corrected chi connectivity index (χ0v) is 13.8. The average Bonchev–Trinajstić information content (AvgIpc) is 2.40. The van der Waals surface area contributed by atoms with Gasteiger partial charge in [0.05, 0.1) is 12.4 Å². The van der Waals surface area contributed by atoms with Gasteiger partial charge in [-0.2, -0.15) is 0 Å². The summed E-state index contributed by atoms with van der Waals surface area (Å²) >= 11 is 0. The molecule has 8 heteroatoms. The first-order chi connectivity index (χ1) is 10.7. The van der Waals surface area contributed by atoms with Crippen molar-refractivity contribution in [1.29, 1.82) is 0 Å². The number of hydrogen-bond donors (Lipinski definition) is 1. The number of carboxylic acids is 1. The molecular weight excluding hydrogens is 300 g/mol. The minimum Gasteiger partial charge on any atom is -0.476 e. The highest BCUT2D eigenvalue weighted by molar-refractivity contribution is 5.84. The Kier molecular flexibility index (Phi) is 4.72. The van der Waals surface area contributed by atoms with E-state index < -0.39 is 11.6 Å². The maximum atomic E-state index is 11.9. The third-order valence-corrected chi connectivity index (χ3v) is 3.39. The van der Waals surface area contributed by atoms with E-state index in [-0.39, 0.29) is 11.8 Å². The lowest BCUT2D eigenvalue weighted by atomic mass is 10.0. The smallest absolute Gasteiger partial charge is 0.410 e. The van der Waals surface area contributed by atoms with Gasteiger partial charge >= 0.3 is 12.1 Å². The molecule has 1 amide bonds. The highest BCUT2D eigenvalue weighted by Gasteiger charge is 2.34. The van der Waals surface area contributed by atoms with Crippen molar-refractivity contribution in [1.82, 2.24) is 14.9 Å². The molecule has 1 aliphatic rings. The number of aromatic carboxylic acids is 1. The summed E-state index contributed by atoms with van der Waals surface area (Å²) in [7, 11) is 1.86.